The van der Waals surface area contributed by atoms with Crippen molar-refractivity contribution in [1.82, 2.24) is 15.0 Å². The van der Waals surface area contributed by atoms with Crippen LogP contribution in [-0.2, 0) is 0 Å². The number of hydrogen-bond acceptors (Lipinski definition) is 5. The number of para-hydroxylation sites is 1. The molecule has 3 aromatic heterocycles. The number of thiophene rings is 1. The molecule has 0 unspecified atom stereocenters. The van der Waals surface area contributed by atoms with Gasteiger partial charge in [0.2, 0.25) is 0 Å². The van der Waals surface area contributed by atoms with E-state index in [2.05, 4.69) is 158 Å². The largest absolute Gasteiger partial charge is 0.456 e. The minimum atomic E-state index is 0.589. The van der Waals surface area contributed by atoms with Gasteiger partial charge in [-0.2, -0.15) is 0 Å². The minimum Gasteiger partial charge on any atom is -0.456 e. The number of aromatic nitrogens is 3. The Balaban J connectivity index is 1.01. The third-order valence-corrected chi connectivity index (χ3v) is 11.8. The van der Waals surface area contributed by atoms with Crippen molar-refractivity contribution < 1.29 is 4.42 Å². The fourth-order valence-corrected chi connectivity index (χ4v) is 8.95. The summed E-state index contributed by atoms with van der Waals surface area (Å²) >= 11 is 1.85. The van der Waals surface area contributed by atoms with E-state index in [0.717, 1.165) is 55.3 Å². The number of benzene rings is 8. The molecule has 262 valence electrons. The van der Waals surface area contributed by atoms with Crippen molar-refractivity contribution in [1.29, 1.82) is 0 Å². The standard InChI is InChI=1S/C51H31N3OS/c1-3-11-32(12-4-1)36-15-9-16-38(29-36)50-52-49(53-51(54-50)39-25-27-42-41-17-7-8-20-45(41)55-46(42)31-39)35-23-21-34(22-24-35)40-18-10-19-43-44-30-37(33-13-5-2-6-14-33)26-28-47(44)56-48(40)43/h1-31H. The van der Waals surface area contributed by atoms with Crippen molar-refractivity contribution in [2.24, 2.45) is 0 Å². The zero-order valence-electron chi connectivity index (χ0n) is 30.1. The average molecular weight is 734 g/mol. The van der Waals surface area contributed by atoms with Gasteiger partial charge in [0.25, 0.3) is 0 Å². The summed E-state index contributed by atoms with van der Waals surface area (Å²) in [4.78, 5) is 15.3. The lowest BCUT2D eigenvalue weighted by molar-refractivity contribution is 0.669. The molecule has 0 atom stereocenters. The van der Waals surface area contributed by atoms with Crippen LogP contribution in [-0.4, -0.2) is 15.0 Å². The quantitative estimate of drug-likeness (QED) is 0.171. The van der Waals surface area contributed by atoms with E-state index >= 15 is 0 Å². The first kappa shape index (κ1) is 32.2. The Morgan fingerprint density at radius 3 is 1.62 bits per heavy atom. The van der Waals surface area contributed by atoms with Crippen molar-refractivity contribution in [3.05, 3.63) is 188 Å². The molecule has 0 aliphatic heterocycles. The van der Waals surface area contributed by atoms with Crippen LogP contribution < -0.4 is 0 Å². The molecule has 0 N–H and O–H groups in total. The number of furan rings is 1. The summed E-state index contributed by atoms with van der Waals surface area (Å²) in [6, 6.07) is 65.8. The lowest BCUT2D eigenvalue weighted by atomic mass is 9.99. The molecule has 11 rings (SSSR count). The predicted octanol–water partition coefficient (Wildman–Crippen LogP) is 14.1. The molecule has 0 aliphatic rings. The van der Waals surface area contributed by atoms with Gasteiger partial charge in [-0.15, -0.1) is 11.3 Å². The van der Waals surface area contributed by atoms with Crippen molar-refractivity contribution in [3.63, 3.8) is 0 Å². The molecule has 0 spiro atoms. The monoisotopic (exact) mass is 733 g/mol. The summed E-state index contributed by atoms with van der Waals surface area (Å²) in [5.74, 6) is 1.81. The maximum Gasteiger partial charge on any atom is 0.164 e. The first-order valence-corrected chi connectivity index (χ1v) is 19.5. The predicted molar refractivity (Wildman–Crippen MR) is 233 cm³/mol. The molecule has 3 heterocycles. The normalized spacial score (nSPS) is 11.6. The minimum absolute atomic E-state index is 0.589. The van der Waals surface area contributed by atoms with Gasteiger partial charge in [-0.3, -0.25) is 0 Å². The second-order valence-corrected chi connectivity index (χ2v) is 15.1. The van der Waals surface area contributed by atoms with E-state index in [1.165, 1.54) is 36.9 Å². The highest BCUT2D eigenvalue weighted by atomic mass is 32.1. The van der Waals surface area contributed by atoms with Crippen LogP contribution in [0.2, 0.25) is 0 Å². The summed E-state index contributed by atoms with van der Waals surface area (Å²) in [7, 11) is 0. The first-order chi connectivity index (χ1) is 27.7. The van der Waals surface area contributed by atoms with Gasteiger partial charge in [0.15, 0.2) is 17.5 Å². The maximum absolute atomic E-state index is 6.27. The van der Waals surface area contributed by atoms with Crippen LogP contribution in [0.15, 0.2) is 192 Å². The summed E-state index contributed by atoms with van der Waals surface area (Å²) in [6.07, 6.45) is 0. The van der Waals surface area contributed by atoms with Crippen LogP contribution in [0.25, 0.3) is 110 Å². The van der Waals surface area contributed by atoms with E-state index in [4.69, 9.17) is 19.4 Å². The number of hydrogen-bond donors (Lipinski definition) is 0. The van der Waals surface area contributed by atoms with Crippen LogP contribution in [0.5, 0.6) is 0 Å². The SMILES string of the molecule is c1ccc(-c2cccc(-c3nc(-c4ccc(-c5cccc6c5sc5ccc(-c7ccccc7)cc56)cc4)nc(-c4ccc5c(c4)oc4ccccc45)n3)c2)cc1. The van der Waals surface area contributed by atoms with E-state index in [0.29, 0.717) is 17.5 Å². The molecule has 8 aromatic carbocycles. The molecule has 0 aliphatic carbocycles. The summed E-state index contributed by atoms with van der Waals surface area (Å²) in [5, 5.41) is 4.71. The molecule has 4 nitrogen and oxygen atoms in total. The second kappa shape index (κ2) is 13.3. The molecule has 0 amide bonds. The van der Waals surface area contributed by atoms with E-state index in [1.54, 1.807) is 0 Å². The van der Waals surface area contributed by atoms with Crippen LogP contribution in [0, 0.1) is 0 Å². The molecule has 56 heavy (non-hydrogen) atoms. The number of nitrogens with zero attached hydrogens (tertiary/aromatic N) is 3. The molecule has 5 heteroatoms. The van der Waals surface area contributed by atoms with Crippen molar-refractivity contribution in [3.8, 4) is 67.5 Å². The van der Waals surface area contributed by atoms with Gasteiger partial charge in [-0.25, -0.2) is 15.0 Å². The van der Waals surface area contributed by atoms with Gasteiger partial charge in [0, 0.05) is 47.6 Å². The highest BCUT2D eigenvalue weighted by Crippen LogP contribution is 2.42. The fraction of sp³-hybridized carbons (Fsp3) is 0. The maximum atomic E-state index is 6.27. The molecular weight excluding hydrogens is 703 g/mol. The Morgan fingerprint density at radius 2 is 0.857 bits per heavy atom. The Labute approximate surface area is 327 Å². The molecule has 0 saturated carbocycles. The molecule has 0 fully saturated rings. The molecule has 11 aromatic rings. The number of fused-ring (bicyclic) bond motifs is 6. The molecule has 0 radical (unpaired) electrons. The van der Waals surface area contributed by atoms with E-state index < -0.39 is 0 Å². The van der Waals surface area contributed by atoms with E-state index in [1.807, 2.05) is 41.7 Å². The van der Waals surface area contributed by atoms with E-state index in [9.17, 15) is 0 Å². The van der Waals surface area contributed by atoms with Crippen LogP contribution in [0.4, 0.5) is 0 Å². The second-order valence-electron chi connectivity index (χ2n) is 14.0. The van der Waals surface area contributed by atoms with Gasteiger partial charge >= 0.3 is 0 Å². The highest BCUT2D eigenvalue weighted by molar-refractivity contribution is 7.26. The molecule has 0 bridgehead atoms. The topological polar surface area (TPSA) is 51.8 Å². The van der Waals surface area contributed by atoms with Gasteiger partial charge in [-0.05, 0) is 69.8 Å². The molecular formula is C51H31N3OS. The fourth-order valence-electron chi connectivity index (χ4n) is 7.73. The van der Waals surface area contributed by atoms with Gasteiger partial charge < -0.3 is 4.42 Å². The highest BCUT2D eigenvalue weighted by Gasteiger charge is 2.17. The Hall–Kier alpha value is -7.21. The number of rotatable bonds is 6. The average Bonchev–Trinajstić information content (AvgIpc) is 3.85. The van der Waals surface area contributed by atoms with Crippen LogP contribution in [0.1, 0.15) is 0 Å². The lowest BCUT2D eigenvalue weighted by Gasteiger charge is -2.10. The Bertz CT molecular complexity index is 3240. The van der Waals surface area contributed by atoms with Gasteiger partial charge in [-0.1, -0.05) is 152 Å². The zero-order chi connectivity index (χ0) is 37.0. The van der Waals surface area contributed by atoms with Crippen molar-refractivity contribution >= 4 is 53.4 Å². The van der Waals surface area contributed by atoms with E-state index in [-0.39, 0.29) is 0 Å². The Morgan fingerprint density at radius 1 is 0.321 bits per heavy atom. The summed E-state index contributed by atoms with van der Waals surface area (Å²) in [6.45, 7) is 0. The summed E-state index contributed by atoms with van der Waals surface area (Å²) < 4.78 is 8.84. The van der Waals surface area contributed by atoms with Crippen LogP contribution >= 0.6 is 11.3 Å². The van der Waals surface area contributed by atoms with Crippen molar-refractivity contribution in [2.45, 2.75) is 0 Å². The third-order valence-electron chi connectivity index (χ3n) is 10.6. The van der Waals surface area contributed by atoms with Crippen LogP contribution in [0.3, 0.4) is 0 Å². The zero-order valence-corrected chi connectivity index (χ0v) is 30.9. The molecule has 0 saturated heterocycles. The lowest BCUT2D eigenvalue weighted by Crippen LogP contribution is -2.00. The first-order valence-electron chi connectivity index (χ1n) is 18.7. The summed E-state index contributed by atoms with van der Waals surface area (Å²) in [5.41, 5.74) is 11.4. The van der Waals surface area contributed by atoms with Gasteiger partial charge in [0.1, 0.15) is 11.2 Å². The Kier molecular flexibility index (Phi) is 7.64. The third kappa shape index (κ3) is 5.65. The smallest absolute Gasteiger partial charge is 0.164 e. The van der Waals surface area contributed by atoms with Crippen molar-refractivity contribution in [2.75, 3.05) is 0 Å². The van der Waals surface area contributed by atoms with Gasteiger partial charge in [0.05, 0.1) is 0 Å².